The average Bonchev–Trinajstić information content (AvgIpc) is 2.69. The van der Waals surface area contributed by atoms with Crippen LogP contribution in [-0.2, 0) is 4.79 Å². The van der Waals surface area contributed by atoms with E-state index in [1.807, 2.05) is 6.79 Å². The summed E-state index contributed by atoms with van der Waals surface area (Å²) in [6.45, 7) is 13.1. The molecule has 0 aliphatic heterocycles. The van der Waals surface area contributed by atoms with Crippen LogP contribution in [0.4, 0.5) is 0 Å². The first-order chi connectivity index (χ1) is 13.5. The van der Waals surface area contributed by atoms with Crippen molar-refractivity contribution >= 4 is 6.79 Å². The molecule has 0 saturated heterocycles. The van der Waals surface area contributed by atoms with E-state index in [1.165, 1.54) is 89.2 Å². The second kappa shape index (κ2) is 29.7. The number of rotatable bonds is 15. The average molecular weight is 392 g/mol. The van der Waals surface area contributed by atoms with Gasteiger partial charge in [0.25, 0.3) is 0 Å². The third kappa shape index (κ3) is 39.2. The Hall–Kier alpha value is -2.03. The fraction of sp³-hybridized carbons (Fsp3) is 0.560. The van der Waals surface area contributed by atoms with E-state index in [9.17, 15) is 0 Å². The lowest BCUT2D eigenvalue weighted by Crippen LogP contribution is -1.88. The fourth-order valence-electron chi connectivity index (χ4n) is 2.28. The van der Waals surface area contributed by atoms with Crippen LogP contribution in [0.2, 0.25) is 0 Å². The zero-order valence-electron chi connectivity index (χ0n) is 18.5. The van der Waals surface area contributed by atoms with Gasteiger partial charge in [0.05, 0.1) is 0 Å². The first-order valence-corrected chi connectivity index (χ1v) is 10.6. The molecule has 0 bridgehead atoms. The molecule has 0 spiro atoms. The van der Waals surface area contributed by atoms with E-state index in [4.69, 9.17) is 15.6 Å². The lowest BCUT2D eigenvalue weighted by Gasteiger charge is -1.98. The third-order valence-electron chi connectivity index (χ3n) is 3.82. The Morgan fingerprint density at radius 2 is 1.14 bits per heavy atom. The number of allylic oxidation sites excluding steroid dienone is 6. The van der Waals surface area contributed by atoms with Crippen molar-refractivity contribution in [2.75, 3.05) is 0 Å². The van der Waals surface area contributed by atoms with Gasteiger partial charge in [0.15, 0.2) is 0 Å². The minimum absolute atomic E-state index is 0.0170. The number of nitrogens with two attached hydrogens (primary N) is 1. The number of unbranched alkanes of at least 4 members (excludes halogenated alkanes) is 10. The summed E-state index contributed by atoms with van der Waals surface area (Å²) in [7, 11) is 0. The summed E-state index contributed by atoms with van der Waals surface area (Å²) < 4.78 is 0. The SMILES string of the molecule is C=C(N)/C=C\C(=C)O.C=O.CCCCC/C=C/C=CCCCCCCCCC. The van der Waals surface area contributed by atoms with Crippen molar-refractivity contribution in [3.63, 3.8) is 0 Å². The highest BCUT2D eigenvalue weighted by atomic mass is 16.3. The highest BCUT2D eigenvalue weighted by molar-refractivity contribution is 5.17. The number of aliphatic hydroxyl groups excluding tert-OH is 1. The quantitative estimate of drug-likeness (QED) is 0.170. The van der Waals surface area contributed by atoms with Crippen LogP contribution in [0.25, 0.3) is 0 Å². The number of carbonyl (C=O) groups excluding carboxylic acids is 1. The Balaban J connectivity index is -0.000000522. The fourth-order valence-corrected chi connectivity index (χ4v) is 2.28. The highest BCUT2D eigenvalue weighted by Gasteiger charge is 1.88. The zero-order chi connectivity index (χ0) is 21.9. The first-order valence-electron chi connectivity index (χ1n) is 10.6. The molecule has 3 nitrogen and oxygen atoms in total. The molecule has 0 amide bonds. The number of hydrogen-bond donors (Lipinski definition) is 2. The van der Waals surface area contributed by atoms with E-state index in [1.54, 1.807) is 0 Å². The molecule has 0 aromatic carbocycles. The Bertz CT molecular complexity index is 406. The smallest absolute Gasteiger partial charge is 0.108 e. The summed E-state index contributed by atoms with van der Waals surface area (Å²) >= 11 is 0. The Kier molecular flexibility index (Phi) is 32.6. The summed E-state index contributed by atoms with van der Waals surface area (Å²) in [5.74, 6) is -0.0170. The summed E-state index contributed by atoms with van der Waals surface area (Å²) in [5.41, 5.74) is 5.51. The maximum absolute atomic E-state index is 8.42. The minimum Gasteiger partial charge on any atom is -0.509 e. The molecular weight excluding hydrogens is 346 g/mol. The minimum atomic E-state index is -0.0170. The first kappa shape index (κ1) is 30.7. The zero-order valence-corrected chi connectivity index (χ0v) is 18.5. The van der Waals surface area contributed by atoms with Gasteiger partial charge in [-0.25, -0.2) is 0 Å². The van der Waals surface area contributed by atoms with Crippen LogP contribution in [0.15, 0.2) is 61.1 Å². The van der Waals surface area contributed by atoms with Crippen LogP contribution in [0.5, 0.6) is 0 Å². The summed E-state index contributed by atoms with van der Waals surface area (Å²) in [6.07, 6.45) is 28.3. The molecule has 0 unspecified atom stereocenters. The van der Waals surface area contributed by atoms with Gasteiger partial charge in [0.1, 0.15) is 12.5 Å². The van der Waals surface area contributed by atoms with Gasteiger partial charge in [0.2, 0.25) is 0 Å². The van der Waals surface area contributed by atoms with Crippen molar-refractivity contribution in [3.05, 3.63) is 61.1 Å². The maximum atomic E-state index is 8.42. The molecule has 3 N–H and O–H groups in total. The molecule has 0 radical (unpaired) electrons. The Morgan fingerprint density at radius 3 is 1.54 bits per heavy atom. The van der Waals surface area contributed by atoms with E-state index < -0.39 is 0 Å². The van der Waals surface area contributed by atoms with Crippen LogP contribution >= 0.6 is 0 Å². The van der Waals surface area contributed by atoms with E-state index in [2.05, 4.69) is 51.3 Å². The largest absolute Gasteiger partial charge is 0.509 e. The van der Waals surface area contributed by atoms with E-state index in [0.717, 1.165) is 0 Å². The van der Waals surface area contributed by atoms with Gasteiger partial charge in [0, 0.05) is 5.70 Å². The van der Waals surface area contributed by atoms with Crippen LogP contribution in [0, 0.1) is 0 Å². The molecule has 28 heavy (non-hydrogen) atoms. The lowest BCUT2D eigenvalue weighted by atomic mass is 10.1. The Labute approximate surface area is 174 Å². The maximum Gasteiger partial charge on any atom is 0.108 e. The summed E-state index contributed by atoms with van der Waals surface area (Å²) in [5, 5.41) is 8.42. The molecule has 0 aromatic rings. The van der Waals surface area contributed by atoms with Crippen molar-refractivity contribution in [1.29, 1.82) is 0 Å². The molecule has 162 valence electrons. The third-order valence-corrected chi connectivity index (χ3v) is 3.82. The molecule has 3 heteroatoms. The van der Waals surface area contributed by atoms with Gasteiger partial charge in [-0.05, 0) is 37.8 Å². The van der Waals surface area contributed by atoms with Gasteiger partial charge in [-0.1, -0.05) is 103 Å². The summed E-state index contributed by atoms with van der Waals surface area (Å²) in [6, 6.07) is 0. The molecule has 0 heterocycles. The number of hydrogen-bond acceptors (Lipinski definition) is 3. The lowest BCUT2D eigenvalue weighted by molar-refractivity contribution is -0.0979. The van der Waals surface area contributed by atoms with Gasteiger partial charge in [-0.2, -0.15) is 0 Å². The molecule has 0 aliphatic carbocycles. The second-order valence-corrected chi connectivity index (χ2v) is 6.66. The highest BCUT2D eigenvalue weighted by Crippen LogP contribution is 2.08. The van der Waals surface area contributed by atoms with E-state index in [0.29, 0.717) is 5.70 Å². The van der Waals surface area contributed by atoms with E-state index >= 15 is 0 Å². The molecule has 0 saturated carbocycles. The number of carbonyl (C=O) groups is 1. The molecule has 0 fully saturated rings. The van der Waals surface area contributed by atoms with Gasteiger partial charge < -0.3 is 15.6 Å². The van der Waals surface area contributed by atoms with Crippen molar-refractivity contribution in [2.45, 2.75) is 90.9 Å². The molecule has 0 rings (SSSR count). The molecule has 0 atom stereocenters. The summed E-state index contributed by atoms with van der Waals surface area (Å²) in [4.78, 5) is 8.00. The van der Waals surface area contributed by atoms with Crippen molar-refractivity contribution in [2.24, 2.45) is 5.73 Å². The second-order valence-electron chi connectivity index (χ2n) is 6.66. The van der Waals surface area contributed by atoms with Crippen LogP contribution in [-0.4, -0.2) is 11.9 Å². The van der Waals surface area contributed by atoms with Gasteiger partial charge in [-0.3, -0.25) is 0 Å². The number of aliphatic hydroxyl groups is 1. The van der Waals surface area contributed by atoms with Crippen LogP contribution < -0.4 is 5.73 Å². The molecule has 0 aliphatic rings. The van der Waals surface area contributed by atoms with Gasteiger partial charge in [-0.15, -0.1) is 0 Å². The van der Waals surface area contributed by atoms with Crippen molar-refractivity contribution in [1.82, 2.24) is 0 Å². The topological polar surface area (TPSA) is 63.3 Å². The molecule has 0 aromatic heterocycles. The monoisotopic (exact) mass is 391 g/mol. The Morgan fingerprint density at radius 1 is 0.750 bits per heavy atom. The molecular formula is C25H45NO2. The van der Waals surface area contributed by atoms with E-state index in [-0.39, 0.29) is 5.76 Å². The van der Waals surface area contributed by atoms with Crippen molar-refractivity contribution in [3.8, 4) is 0 Å². The normalized spacial score (nSPS) is 10.5. The predicted molar refractivity (Wildman–Crippen MR) is 126 cm³/mol. The van der Waals surface area contributed by atoms with Crippen LogP contribution in [0.3, 0.4) is 0 Å². The van der Waals surface area contributed by atoms with Crippen molar-refractivity contribution < 1.29 is 9.90 Å². The standard InChI is InChI=1S/C18H34.C6H9NO.CH2O/c1-3-5-7-9-11-13-15-17-18-16-14-12-10-8-6-4-2;1-5(7)3-4-6(2)8;1-2/h11,13,15,17H,3-10,12,14,16,18H2,1-2H3;3-4,8H,1-2,7H2;1H2/b13-11+,17-15?;4-3-;. The van der Waals surface area contributed by atoms with Crippen LogP contribution in [0.1, 0.15) is 90.9 Å². The van der Waals surface area contributed by atoms with Gasteiger partial charge >= 0.3 is 0 Å². The predicted octanol–water partition coefficient (Wildman–Crippen LogP) is 7.72.